The Bertz CT molecular complexity index is 612. The second-order valence-corrected chi connectivity index (χ2v) is 4.57. The first-order valence-electron chi connectivity index (χ1n) is 6.33. The van der Waals surface area contributed by atoms with Crippen molar-refractivity contribution in [3.05, 3.63) is 53.9 Å². The molecular weight excluding hydrogens is 254 g/mol. The van der Waals surface area contributed by atoms with Gasteiger partial charge in [-0.3, -0.25) is 4.98 Å². The largest absolute Gasteiger partial charge is 0.389 e. The average molecular weight is 271 g/mol. The predicted octanol–water partition coefficient (Wildman–Crippen LogP) is 3.09. The van der Waals surface area contributed by atoms with Crippen molar-refractivity contribution >= 4 is 17.4 Å². The topological polar surface area (TPSA) is 74.2 Å². The number of aliphatic hydroxyl groups is 1. The Kier molecular flexibility index (Phi) is 4.32. The molecule has 0 spiro atoms. The fourth-order valence-corrected chi connectivity index (χ4v) is 1.76. The molecule has 3 N–H and O–H groups in total. The van der Waals surface area contributed by atoms with E-state index in [0.717, 1.165) is 11.1 Å². The van der Waals surface area contributed by atoms with Crippen LogP contribution in [0.5, 0.6) is 0 Å². The molecule has 0 bridgehead atoms. The lowest BCUT2D eigenvalue weighted by Crippen LogP contribution is -2.20. The highest BCUT2D eigenvalue weighted by molar-refractivity contribution is 6.00. The zero-order valence-electron chi connectivity index (χ0n) is 11.4. The monoisotopic (exact) mass is 271 g/mol. The number of pyridine rings is 1. The SMILES string of the molecule is Cc1ccncc1NC(=O)Nc1cccc(C(C)O)c1. The maximum Gasteiger partial charge on any atom is 0.323 e. The molecule has 1 heterocycles. The van der Waals surface area contributed by atoms with E-state index in [0.29, 0.717) is 11.4 Å². The Morgan fingerprint density at radius 1 is 1.30 bits per heavy atom. The maximum absolute atomic E-state index is 11.9. The van der Waals surface area contributed by atoms with Gasteiger partial charge in [-0.05, 0) is 43.2 Å². The summed E-state index contributed by atoms with van der Waals surface area (Å²) in [7, 11) is 0. The van der Waals surface area contributed by atoms with Gasteiger partial charge in [0.25, 0.3) is 0 Å². The Labute approximate surface area is 117 Å². The van der Waals surface area contributed by atoms with Gasteiger partial charge in [-0.2, -0.15) is 0 Å². The zero-order chi connectivity index (χ0) is 14.5. The molecule has 0 saturated heterocycles. The lowest BCUT2D eigenvalue weighted by atomic mass is 10.1. The summed E-state index contributed by atoms with van der Waals surface area (Å²) >= 11 is 0. The summed E-state index contributed by atoms with van der Waals surface area (Å²) in [6, 6.07) is 8.57. The summed E-state index contributed by atoms with van der Waals surface area (Å²) < 4.78 is 0. The van der Waals surface area contributed by atoms with Crippen LogP contribution in [0.15, 0.2) is 42.7 Å². The summed E-state index contributed by atoms with van der Waals surface area (Å²) in [6.45, 7) is 3.57. The van der Waals surface area contributed by atoms with Crippen molar-refractivity contribution in [2.75, 3.05) is 10.6 Å². The smallest absolute Gasteiger partial charge is 0.323 e. The number of benzene rings is 1. The van der Waals surface area contributed by atoms with Gasteiger partial charge in [0.05, 0.1) is 18.0 Å². The molecule has 0 aliphatic heterocycles. The van der Waals surface area contributed by atoms with Gasteiger partial charge in [0.15, 0.2) is 0 Å². The molecule has 0 fully saturated rings. The van der Waals surface area contributed by atoms with Crippen molar-refractivity contribution in [2.24, 2.45) is 0 Å². The van der Waals surface area contributed by atoms with Crippen LogP contribution in [0.25, 0.3) is 0 Å². The lowest BCUT2D eigenvalue weighted by molar-refractivity contribution is 0.199. The van der Waals surface area contributed by atoms with Gasteiger partial charge in [-0.1, -0.05) is 12.1 Å². The first-order chi connectivity index (χ1) is 9.56. The molecule has 2 aromatic rings. The van der Waals surface area contributed by atoms with E-state index in [2.05, 4.69) is 15.6 Å². The van der Waals surface area contributed by atoms with Crippen molar-refractivity contribution in [1.29, 1.82) is 0 Å². The number of hydrogen-bond acceptors (Lipinski definition) is 3. The normalized spacial score (nSPS) is 11.8. The van der Waals surface area contributed by atoms with Crippen LogP contribution in [0, 0.1) is 6.92 Å². The number of aliphatic hydroxyl groups excluding tert-OH is 1. The molecule has 2 amide bonds. The Morgan fingerprint density at radius 3 is 2.80 bits per heavy atom. The molecule has 1 aromatic heterocycles. The maximum atomic E-state index is 11.9. The summed E-state index contributed by atoms with van der Waals surface area (Å²) in [6.07, 6.45) is 2.70. The fraction of sp³-hybridized carbons (Fsp3) is 0.200. The standard InChI is InChI=1S/C15H17N3O2/c1-10-6-7-16-9-14(10)18-15(20)17-13-5-3-4-12(8-13)11(2)19/h3-9,11,19H,1-2H3,(H2,17,18,20). The van der Waals surface area contributed by atoms with E-state index in [1.165, 1.54) is 0 Å². The van der Waals surface area contributed by atoms with Gasteiger partial charge in [0, 0.05) is 11.9 Å². The summed E-state index contributed by atoms with van der Waals surface area (Å²) in [5.74, 6) is 0. The molecule has 1 atom stereocenters. The molecule has 5 heteroatoms. The van der Waals surface area contributed by atoms with Crippen molar-refractivity contribution in [1.82, 2.24) is 4.98 Å². The van der Waals surface area contributed by atoms with Gasteiger partial charge in [0.2, 0.25) is 0 Å². The number of carbonyl (C=O) groups is 1. The van der Waals surface area contributed by atoms with Crippen LogP contribution in [0.4, 0.5) is 16.2 Å². The molecule has 2 rings (SSSR count). The minimum atomic E-state index is -0.569. The number of aryl methyl sites for hydroxylation is 1. The van der Waals surface area contributed by atoms with Crippen LogP contribution < -0.4 is 10.6 Å². The van der Waals surface area contributed by atoms with E-state index in [1.54, 1.807) is 43.6 Å². The van der Waals surface area contributed by atoms with Gasteiger partial charge in [-0.15, -0.1) is 0 Å². The first kappa shape index (κ1) is 14.0. The number of urea groups is 1. The molecule has 0 aliphatic carbocycles. The van der Waals surface area contributed by atoms with E-state index in [9.17, 15) is 9.90 Å². The molecule has 5 nitrogen and oxygen atoms in total. The molecule has 0 saturated carbocycles. The lowest BCUT2D eigenvalue weighted by Gasteiger charge is -2.11. The van der Waals surface area contributed by atoms with Crippen LogP contribution in [-0.2, 0) is 0 Å². The van der Waals surface area contributed by atoms with E-state index >= 15 is 0 Å². The van der Waals surface area contributed by atoms with E-state index in [1.807, 2.05) is 13.0 Å². The quantitative estimate of drug-likeness (QED) is 0.803. The number of nitrogens with zero attached hydrogens (tertiary/aromatic N) is 1. The molecule has 1 unspecified atom stereocenters. The summed E-state index contributed by atoms with van der Waals surface area (Å²) in [4.78, 5) is 15.9. The number of carbonyl (C=O) groups excluding carboxylic acids is 1. The summed E-state index contributed by atoms with van der Waals surface area (Å²) in [5.41, 5.74) is 2.98. The van der Waals surface area contributed by atoms with Crippen LogP contribution in [-0.4, -0.2) is 16.1 Å². The molecule has 0 radical (unpaired) electrons. The summed E-state index contributed by atoms with van der Waals surface area (Å²) in [5, 5.41) is 15.0. The average Bonchev–Trinajstić information content (AvgIpc) is 2.41. The van der Waals surface area contributed by atoms with Crippen molar-refractivity contribution in [2.45, 2.75) is 20.0 Å². The molecule has 0 aliphatic rings. The van der Waals surface area contributed by atoms with Crippen LogP contribution in [0.2, 0.25) is 0 Å². The van der Waals surface area contributed by atoms with Gasteiger partial charge < -0.3 is 15.7 Å². The van der Waals surface area contributed by atoms with Crippen molar-refractivity contribution in [3.63, 3.8) is 0 Å². The molecule has 1 aromatic carbocycles. The van der Waals surface area contributed by atoms with Crippen molar-refractivity contribution < 1.29 is 9.90 Å². The highest BCUT2D eigenvalue weighted by Crippen LogP contribution is 2.17. The zero-order valence-corrected chi connectivity index (χ0v) is 11.4. The highest BCUT2D eigenvalue weighted by Gasteiger charge is 2.06. The number of aromatic nitrogens is 1. The van der Waals surface area contributed by atoms with E-state index in [4.69, 9.17) is 0 Å². The number of rotatable bonds is 3. The first-order valence-corrected chi connectivity index (χ1v) is 6.33. The number of nitrogens with one attached hydrogen (secondary N) is 2. The molecule has 20 heavy (non-hydrogen) atoms. The van der Waals surface area contributed by atoms with Gasteiger partial charge in [0.1, 0.15) is 0 Å². The third-order valence-corrected chi connectivity index (χ3v) is 2.91. The van der Waals surface area contributed by atoms with E-state index < -0.39 is 6.10 Å². The Hall–Kier alpha value is -2.40. The number of amides is 2. The Morgan fingerprint density at radius 2 is 2.10 bits per heavy atom. The highest BCUT2D eigenvalue weighted by atomic mass is 16.3. The van der Waals surface area contributed by atoms with Crippen molar-refractivity contribution in [3.8, 4) is 0 Å². The minimum Gasteiger partial charge on any atom is -0.389 e. The predicted molar refractivity (Wildman–Crippen MR) is 78.7 cm³/mol. The third-order valence-electron chi connectivity index (χ3n) is 2.91. The van der Waals surface area contributed by atoms with E-state index in [-0.39, 0.29) is 6.03 Å². The fourth-order valence-electron chi connectivity index (χ4n) is 1.76. The molecule has 104 valence electrons. The van der Waals surface area contributed by atoms with Crippen LogP contribution in [0.1, 0.15) is 24.2 Å². The second kappa shape index (κ2) is 6.16. The van der Waals surface area contributed by atoms with Crippen LogP contribution in [0.3, 0.4) is 0 Å². The second-order valence-electron chi connectivity index (χ2n) is 4.57. The molecular formula is C15H17N3O2. The third kappa shape index (κ3) is 3.55. The van der Waals surface area contributed by atoms with Gasteiger partial charge in [-0.25, -0.2) is 4.79 Å². The number of hydrogen-bond donors (Lipinski definition) is 3. The number of anilines is 2. The van der Waals surface area contributed by atoms with Gasteiger partial charge >= 0.3 is 6.03 Å². The minimum absolute atomic E-state index is 0.344. The Balaban J connectivity index is 2.05. The van der Waals surface area contributed by atoms with Crippen LogP contribution >= 0.6 is 0 Å².